The lowest BCUT2D eigenvalue weighted by atomic mass is 10.1. The summed E-state index contributed by atoms with van der Waals surface area (Å²) in [5.74, 6) is -1.85. The molecule has 1 aliphatic rings. The number of carbonyl (C=O) groups excluding carboxylic acids is 4. The summed E-state index contributed by atoms with van der Waals surface area (Å²) in [6.45, 7) is 0. The van der Waals surface area contributed by atoms with Crippen molar-refractivity contribution in [3.05, 3.63) is 12.2 Å². The number of hydrogen-bond donors (Lipinski definition) is 2. The maximum absolute atomic E-state index is 11.9. The average Bonchev–Trinajstić information content (AvgIpc) is 2.91. The summed E-state index contributed by atoms with van der Waals surface area (Å²) in [5, 5.41) is 4.99. The molecule has 8 nitrogen and oxygen atoms in total. The summed E-state index contributed by atoms with van der Waals surface area (Å²) in [4.78, 5) is 45.5. The molecule has 0 aliphatic carbocycles. The van der Waals surface area contributed by atoms with Crippen molar-refractivity contribution in [1.82, 2.24) is 10.6 Å². The molecular formula is C13H18N2O6. The van der Waals surface area contributed by atoms with Gasteiger partial charge in [-0.15, -0.1) is 0 Å². The molecule has 116 valence electrons. The van der Waals surface area contributed by atoms with Crippen molar-refractivity contribution in [3.8, 4) is 0 Å². The number of carbonyl (C=O) groups is 4. The van der Waals surface area contributed by atoms with E-state index >= 15 is 0 Å². The van der Waals surface area contributed by atoms with Crippen molar-refractivity contribution in [2.45, 2.75) is 31.3 Å². The minimum atomic E-state index is -0.930. The fourth-order valence-electron chi connectivity index (χ4n) is 1.81. The molecule has 0 unspecified atom stereocenters. The van der Waals surface area contributed by atoms with Crippen LogP contribution < -0.4 is 10.6 Å². The second kappa shape index (κ2) is 8.03. The van der Waals surface area contributed by atoms with Crippen molar-refractivity contribution in [2.75, 3.05) is 14.2 Å². The van der Waals surface area contributed by atoms with Crippen molar-refractivity contribution < 1.29 is 28.7 Å². The molecule has 2 amide bonds. The van der Waals surface area contributed by atoms with Crippen molar-refractivity contribution in [2.24, 2.45) is 0 Å². The molecule has 0 spiro atoms. The maximum atomic E-state index is 11.9. The van der Waals surface area contributed by atoms with Crippen LogP contribution >= 0.6 is 0 Å². The minimum absolute atomic E-state index is 0.0776. The van der Waals surface area contributed by atoms with E-state index in [2.05, 4.69) is 20.1 Å². The van der Waals surface area contributed by atoms with E-state index in [1.54, 1.807) is 0 Å². The predicted molar refractivity (Wildman–Crippen MR) is 70.9 cm³/mol. The summed E-state index contributed by atoms with van der Waals surface area (Å²) in [5.41, 5.74) is 0. The van der Waals surface area contributed by atoms with Crippen molar-refractivity contribution in [1.29, 1.82) is 0 Å². The van der Waals surface area contributed by atoms with E-state index in [0.29, 0.717) is 6.42 Å². The van der Waals surface area contributed by atoms with Crippen LogP contribution in [0.15, 0.2) is 12.2 Å². The van der Waals surface area contributed by atoms with Gasteiger partial charge in [-0.05, 0) is 12.8 Å². The monoisotopic (exact) mass is 298 g/mol. The molecule has 1 heterocycles. The van der Waals surface area contributed by atoms with Gasteiger partial charge in [0.15, 0.2) is 0 Å². The Morgan fingerprint density at radius 2 is 2.10 bits per heavy atom. The van der Waals surface area contributed by atoms with Gasteiger partial charge in [0.2, 0.25) is 11.8 Å². The Hall–Kier alpha value is -2.38. The maximum Gasteiger partial charge on any atom is 0.330 e. The number of amides is 2. The Labute approximate surface area is 121 Å². The predicted octanol–water partition coefficient (Wildman–Crippen LogP) is -0.958. The molecule has 0 saturated carbocycles. The number of hydrogen-bond acceptors (Lipinski definition) is 6. The van der Waals surface area contributed by atoms with Crippen molar-refractivity contribution in [3.63, 3.8) is 0 Å². The fraction of sp³-hybridized carbons (Fsp3) is 0.538. The molecule has 21 heavy (non-hydrogen) atoms. The van der Waals surface area contributed by atoms with E-state index in [4.69, 9.17) is 0 Å². The van der Waals surface area contributed by atoms with Crippen LogP contribution in [0.4, 0.5) is 0 Å². The summed E-state index contributed by atoms with van der Waals surface area (Å²) in [7, 11) is 2.43. The van der Waals surface area contributed by atoms with Gasteiger partial charge in [-0.2, -0.15) is 0 Å². The van der Waals surface area contributed by atoms with Gasteiger partial charge in [-0.3, -0.25) is 9.59 Å². The summed E-state index contributed by atoms with van der Waals surface area (Å²) >= 11 is 0. The summed E-state index contributed by atoms with van der Waals surface area (Å²) in [6, 6.07) is -1.57. The standard InChI is InChI=1S/C13H18N2O6/c1-20-11(17)5-3-4-9(13(19)21-2)15-12(18)8-6-7-10(16)14-8/h3,5,8-9H,4,6-7H2,1-2H3,(H,14,16)(H,15,18)/b5-3+/t8-,9-/m1/s1. The lowest BCUT2D eigenvalue weighted by molar-refractivity contribution is -0.145. The normalized spacial score (nSPS) is 19.0. The highest BCUT2D eigenvalue weighted by Gasteiger charge is 2.30. The smallest absolute Gasteiger partial charge is 0.330 e. The molecule has 8 heteroatoms. The van der Waals surface area contributed by atoms with Crippen LogP contribution in [-0.4, -0.2) is 50.1 Å². The summed E-state index contributed by atoms with van der Waals surface area (Å²) in [6.07, 6.45) is 3.30. The third kappa shape index (κ3) is 5.25. The van der Waals surface area contributed by atoms with Gasteiger partial charge in [0.1, 0.15) is 12.1 Å². The number of methoxy groups -OCH3 is 2. The highest BCUT2D eigenvalue weighted by molar-refractivity contribution is 5.93. The second-order valence-corrected chi connectivity index (χ2v) is 4.40. The molecule has 1 rings (SSSR count). The highest BCUT2D eigenvalue weighted by Crippen LogP contribution is 2.07. The molecule has 1 fully saturated rings. The van der Waals surface area contributed by atoms with Crippen LogP contribution in [-0.2, 0) is 28.7 Å². The van der Waals surface area contributed by atoms with E-state index in [1.165, 1.54) is 20.3 Å². The Bertz CT molecular complexity index is 460. The molecule has 2 N–H and O–H groups in total. The topological polar surface area (TPSA) is 111 Å². The van der Waals surface area contributed by atoms with E-state index in [9.17, 15) is 19.2 Å². The van der Waals surface area contributed by atoms with E-state index < -0.39 is 29.9 Å². The first-order valence-electron chi connectivity index (χ1n) is 6.40. The SMILES string of the molecule is COC(=O)/C=C/C[C@@H](NC(=O)[C@H]1CCC(=O)N1)C(=O)OC. The highest BCUT2D eigenvalue weighted by atomic mass is 16.5. The fourth-order valence-corrected chi connectivity index (χ4v) is 1.81. The molecule has 0 aromatic carbocycles. The van der Waals surface area contributed by atoms with Crippen LogP contribution in [0.2, 0.25) is 0 Å². The average molecular weight is 298 g/mol. The van der Waals surface area contributed by atoms with Gasteiger partial charge in [0.05, 0.1) is 14.2 Å². The van der Waals surface area contributed by atoms with Crippen LogP contribution in [0.1, 0.15) is 19.3 Å². The third-order valence-electron chi connectivity index (χ3n) is 2.94. The third-order valence-corrected chi connectivity index (χ3v) is 2.94. The van der Waals surface area contributed by atoms with Crippen LogP contribution in [0, 0.1) is 0 Å². The molecule has 0 aromatic rings. The Morgan fingerprint density at radius 3 is 2.62 bits per heavy atom. The quantitative estimate of drug-likeness (QED) is 0.483. The van der Waals surface area contributed by atoms with Crippen LogP contribution in [0.3, 0.4) is 0 Å². The van der Waals surface area contributed by atoms with Crippen molar-refractivity contribution >= 4 is 23.8 Å². The Morgan fingerprint density at radius 1 is 1.38 bits per heavy atom. The zero-order valence-electron chi connectivity index (χ0n) is 11.9. The van der Waals surface area contributed by atoms with E-state index in [-0.39, 0.29) is 18.7 Å². The number of rotatable bonds is 6. The zero-order valence-corrected chi connectivity index (χ0v) is 11.9. The Balaban J connectivity index is 2.59. The van der Waals surface area contributed by atoms with Gasteiger partial charge < -0.3 is 20.1 Å². The number of ether oxygens (including phenoxy) is 2. The molecule has 0 aromatic heterocycles. The minimum Gasteiger partial charge on any atom is -0.467 e. The van der Waals surface area contributed by atoms with Crippen LogP contribution in [0.5, 0.6) is 0 Å². The van der Waals surface area contributed by atoms with Gasteiger partial charge >= 0.3 is 11.9 Å². The molecule has 2 atom stereocenters. The summed E-state index contributed by atoms with van der Waals surface area (Å²) < 4.78 is 9.01. The van der Waals surface area contributed by atoms with E-state index in [0.717, 1.165) is 6.08 Å². The second-order valence-electron chi connectivity index (χ2n) is 4.40. The molecule has 0 bridgehead atoms. The van der Waals surface area contributed by atoms with Gasteiger partial charge in [0, 0.05) is 12.5 Å². The lowest BCUT2D eigenvalue weighted by Gasteiger charge is -2.17. The zero-order chi connectivity index (χ0) is 15.8. The first-order chi connectivity index (χ1) is 9.97. The molecular weight excluding hydrogens is 280 g/mol. The first-order valence-corrected chi connectivity index (χ1v) is 6.40. The van der Waals surface area contributed by atoms with Gasteiger partial charge in [0.25, 0.3) is 0 Å². The molecule has 1 saturated heterocycles. The number of nitrogens with one attached hydrogen (secondary N) is 2. The molecule has 0 radical (unpaired) electrons. The van der Waals surface area contributed by atoms with E-state index in [1.807, 2.05) is 0 Å². The largest absolute Gasteiger partial charge is 0.467 e. The first kappa shape index (κ1) is 16.7. The van der Waals surface area contributed by atoms with Gasteiger partial charge in [-0.1, -0.05) is 6.08 Å². The molecule has 1 aliphatic heterocycles. The lowest BCUT2D eigenvalue weighted by Crippen LogP contribution is -2.48. The van der Waals surface area contributed by atoms with Gasteiger partial charge in [-0.25, -0.2) is 9.59 Å². The van der Waals surface area contributed by atoms with Crippen LogP contribution in [0.25, 0.3) is 0 Å². The Kier molecular flexibility index (Phi) is 6.38. The number of esters is 2.